The number of hydrogen-bond acceptors (Lipinski definition) is 4. The van der Waals surface area contributed by atoms with E-state index in [9.17, 15) is 13.2 Å². The number of fused-ring (bicyclic) bond motifs is 1. The van der Waals surface area contributed by atoms with Crippen LogP contribution in [0.15, 0.2) is 82.2 Å². The highest BCUT2D eigenvalue weighted by Gasteiger charge is 2.30. The predicted octanol–water partition coefficient (Wildman–Crippen LogP) is 4.46. The molecule has 4 rings (SSSR count). The van der Waals surface area contributed by atoms with Gasteiger partial charge in [-0.15, -0.1) is 0 Å². The molecular weight excluding hydrogens is 492 g/mol. The second-order valence-electron chi connectivity index (χ2n) is 7.56. The van der Waals surface area contributed by atoms with Gasteiger partial charge in [-0.1, -0.05) is 46.3 Å². The number of nitrogens with zero attached hydrogens (tertiary/aromatic N) is 1. The van der Waals surface area contributed by atoms with Crippen LogP contribution in [-0.2, 0) is 21.2 Å². The minimum atomic E-state index is -3.65. The molecule has 0 bridgehead atoms. The van der Waals surface area contributed by atoms with Gasteiger partial charge in [-0.25, -0.2) is 8.42 Å². The van der Waals surface area contributed by atoms with Crippen molar-refractivity contribution < 1.29 is 17.9 Å². The van der Waals surface area contributed by atoms with Gasteiger partial charge >= 0.3 is 0 Å². The van der Waals surface area contributed by atoms with Gasteiger partial charge in [0.15, 0.2) is 6.61 Å². The summed E-state index contributed by atoms with van der Waals surface area (Å²) >= 11 is 3.39. The number of ether oxygens (including phenoxy) is 1. The molecule has 8 heteroatoms. The van der Waals surface area contributed by atoms with Crippen LogP contribution in [0.5, 0.6) is 5.75 Å². The number of sulfonamides is 1. The Hall–Kier alpha value is -2.84. The molecule has 0 fully saturated rings. The molecule has 1 aliphatic rings. The largest absolute Gasteiger partial charge is 0.484 e. The Balaban J connectivity index is 1.36. The molecule has 0 spiro atoms. The maximum absolute atomic E-state index is 13.1. The molecular formula is C24H23BrN2O4S. The molecule has 3 aromatic carbocycles. The summed E-state index contributed by atoms with van der Waals surface area (Å²) in [7, 11) is -3.65. The highest BCUT2D eigenvalue weighted by Crippen LogP contribution is 2.33. The van der Waals surface area contributed by atoms with E-state index < -0.39 is 10.0 Å². The van der Waals surface area contributed by atoms with Crippen molar-refractivity contribution in [3.8, 4) is 5.75 Å². The average Bonchev–Trinajstić information content (AvgIpc) is 3.23. The fraction of sp³-hybridized carbons (Fsp3) is 0.208. The molecule has 1 N–H and O–H groups in total. The fourth-order valence-electron chi connectivity index (χ4n) is 3.66. The van der Waals surface area contributed by atoms with Gasteiger partial charge in [0.25, 0.3) is 15.9 Å². The van der Waals surface area contributed by atoms with E-state index in [2.05, 4.69) is 21.2 Å². The van der Waals surface area contributed by atoms with Crippen LogP contribution in [0, 0.1) is 0 Å². The van der Waals surface area contributed by atoms with Crippen LogP contribution in [0.2, 0.25) is 0 Å². The third kappa shape index (κ3) is 4.81. The van der Waals surface area contributed by atoms with Crippen LogP contribution in [0.3, 0.4) is 0 Å². The molecule has 166 valence electrons. The summed E-state index contributed by atoms with van der Waals surface area (Å²) in [5, 5.41) is 2.89. The fourth-order valence-corrected chi connectivity index (χ4v) is 5.43. The van der Waals surface area contributed by atoms with Crippen LogP contribution >= 0.6 is 15.9 Å². The van der Waals surface area contributed by atoms with Crippen molar-refractivity contribution in [3.05, 3.63) is 88.4 Å². The number of halogens is 1. The molecule has 0 saturated heterocycles. The third-order valence-electron chi connectivity index (χ3n) is 5.37. The third-order valence-corrected chi connectivity index (χ3v) is 7.73. The summed E-state index contributed by atoms with van der Waals surface area (Å²) in [5.41, 5.74) is 2.74. The Kier molecular flexibility index (Phi) is 6.53. The number of rotatable bonds is 7. The molecule has 1 heterocycles. The highest BCUT2D eigenvalue weighted by molar-refractivity contribution is 9.10. The zero-order valence-electron chi connectivity index (χ0n) is 17.5. The topological polar surface area (TPSA) is 75.7 Å². The standard InChI is InChI=1S/C24H23BrN2O4S/c1-17(18-6-8-20(25)9-7-18)26-24(28)16-31-21-10-12-22(13-11-21)32(29,30)27-15-14-19-4-2-3-5-23(19)27/h2-13,17H,14-16H2,1H3,(H,26,28)/t17-/m1/s1. The maximum Gasteiger partial charge on any atom is 0.264 e. The first-order chi connectivity index (χ1) is 15.3. The molecule has 1 aliphatic heterocycles. The number of amides is 1. The molecule has 0 aliphatic carbocycles. The number of para-hydroxylation sites is 1. The minimum absolute atomic E-state index is 0.157. The lowest BCUT2D eigenvalue weighted by atomic mass is 10.1. The first kappa shape index (κ1) is 22.4. The minimum Gasteiger partial charge on any atom is -0.484 e. The van der Waals surface area contributed by atoms with Gasteiger partial charge in [0.2, 0.25) is 0 Å². The van der Waals surface area contributed by atoms with E-state index in [0.29, 0.717) is 18.7 Å². The molecule has 0 saturated carbocycles. The monoisotopic (exact) mass is 514 g/mol. The number of benzene rings is 3. The molecule has 0 radical (unpaired) electrons. The summed E-state index contributed by atoms with van der Waals surface area (Å²) in [4.78, 5) is 12.4. The lowest BCUT2D eigenvalue weighted by Gasteiger charge is -2.19. The van der Waals surface area contributed by atoms with Crippen LogP contribution in [-0.4, -0.2) is 27.5 Å². The van der Waals surface area contributed by atoms with Crippen LogP contribution in [0.1, 0.15) is 24.1 Å². The van der Waals surface area contributed by atoms with E-state index in [1.807, 2.05) is 55.5 Å². The van der Waals surface area contributed by atoms with Crippen LogP contribution in [0.25, 0.3) is 0 Å². The maximum atomic E-state index is 13.1. The number of anilines is 1. The summed E-state index contributed by atoms with van der Waals surface area (Å²) in [6, 6.07) is 21.2. The predicted molar refractivity (Wildman–Crippen MR) is 127 cm³/mol. The number of carbonyl (C=O) groups is 1. The Morgan fingerprint density at radius 3 is 2.47 bits per heavy atom. The summed E-state index contributed by atoms with van der Waals surface area (Å²) in [6.45, 7) is 2.17. The summed E-state index contributed by atoms with van der Waals surface area (Å²) < 4.78 is 34.1. The Labute approximate surface area is 196 Å². The Bertz CT molecular complexity index is 1210. The van der Waals surface area contributed by atoms with E-state index in [1.54, 1.807) is 12.1 Å². The van der Waals surface area contributed by atoms with E-state index in [1.165, 1.54) is 16.4 Å². The zero-order chi connectivity index (χ0) is 22.7. The van der Waals surface area contributed by atoms with Crippen molar-refractivity contribution >= 4 is 37.5 Å². The Morgan fingerprint density at radius 2 is 1.75 bits per heavy atom. The first-order valence-electron chi connectivity index (χ1n) is 10.2. The van der Waals surface area contributed by atoms with E-state index in [-0.39, 0.29) is 23.5 Å². The summed E-state index contributed by atoms with van der Waals surface area (Å²) in [5.74, 6) is 0.169. The lowest BCUT2D eigenvalue weighted by Crippen LogP contribution is -2.31. The van der Waals surface area contributed by atoms with Gasteiger partial charge in [-0.05, 0) is 66.9 Å². The average molecular weight is 515 g/mol. The molecule has 1 amide bonds. The quantitative estimate of drug-likeness (QED) is 0.505. The molecule has 32 heavy (non-hydrogen) atoms. The van der Waals surface area contributed by atoms with Crippen molar-refractivity contribution in [2.45, 2.75) is 24.3 Å². The molecule has 6 nitrogen and oxygen atoms in total. The second kappa shape index (κ2) is 9.34. The van der Waals surface area contributed by atoms with Crippen molar-refractivity contribution in [2.75, 3.05) is 17.5 Å². The van der Waals surface area contributed by atoms with Gasteiger partial charge in [0, 0.05) is 11.0 Å². The number of hydrogen-bond donors (Lipinski definition) is 1. The van der Waals surface area contributed by atoms with E-state index in [0.717, 1.165) is 21.3 Å². The highest BCUT2D eigenvalue weighted by atomic mass is 79.9. The normalized spacial score (nSPS) is 14.0. The van der Waals surface area contributed by atoms with Crippen molar-refractivity contribution in [1.82, 2.24) is 5.32 Å². The first-order valence-corrected chi connectivity index (χ1v) is 12.5. The zero-order valence-corrected chi connectivity index (χ0v) is 19.9. The number of nitrogens with one attached hydrogen (secondary N) is 1. The van der Waals surface area contributed by atoms with Gasteiger partial charge in [-0.2, -0.15) is 0 Å². The van der Waals surface area contributed by atoms with Crippen molar-refractivity contribution in [3.63, 3.8) is 0 Å². The van der Waals surface area contributed by atoms with Gasteiger partial charge in [0.1, 0.15) is 5.75 Å². The molecule has 0 unspecified atom stereocenters. The molecule has 3 aromatic rings. The smallest absolute Gasteiger partial charge is 0.264 e. The molecule has 0 aromatic heterocycles. The lowest BCUT2D eigenvalue weighted by molar-refractivity contribution is -0.123. The van der Waals surface area contributed by atoms with E-state index in [4.69, 9.17) is 4.74 Å². The van der Waals surface area contributed by atoms with E-state index >= 15 is 0 Å². The number of carbonyl (C=O) groups excluding carboxylic acids is 1. The molecule has 1 atom stereocenters. The van der Waals surface area contributed by atoms with Crippen molar-refractivity contribution in [1.29, 1.82) is 0 Å². The van der Waals surface area contributed by atoms with Gasteiger partial charge in [-0.3, -0.25) is 9.10 Å². The van der Waals surface area contributed by atoms with Crippen LogP contribution in [0.4, 0.5) is 5.69 Å². The van der Waals surface area contributed by atoms with Gasteiger partial charge in [0.05, 0.1) is 16.6 Å². The van der Waals surface area contributed by atoms with Crippen molar-refractivity contribution in [2.24, 2.45) is 0 Å². The SMILES string of the molecule is C[C@@H](NC(=O)COc1ccc(S(=O)(=O)N2CCc3ccccc32)cc1)c1ccc(Br)cc1. The van der Waals surface area contributed by atoms with Gasteiger partial charge < -0.3 is 10.1 Å². The second-order valence-corrected chi connectivity index (χ2v) is 10.3. The Morgan fingerprint density at radius 1 is 1.06 bits per heavy atom. The van der Waals surface area contributed by atoms with Crippen LogP contribution < -0.4 is 14.4 Å². The summed E-state index contributed by atoms with van der Waals surface area (Å²) in [6.07, 6.45) is 0.699.